The second kappa shape index (κ2) is 9.19. The van der Waals surface area contributed by atoms with Gasteiger partial charge in [-0.25, -0.2) is 9.97 Å². The van der Waals surface area contributed by atoms with Crippen LogP contribution in [-0.2, 0) is 19.5 Å². The summed E-state index contributed by atoms with van der Waals surface area (Å²) < 4.78 is 7.67. The predicted molar refractivity (Wildman–Crippen MR) is 131 cm³/mol. The average molecular weight is 458 g/mol. The lowest BCUT2D eigenvalue weighted by Crippen LogP contribution is -2.46. The van der Waals surface area contributed by atoms with Gasteiger partial charge in [0.1, 0.15) is 11.4 Å². The first-order valence-electron chi connectivity index (χ1n) is 12.2. The molecule has 2 aliphatic rings. The summed E-state index contributed by atoms with van der Waals surface area (Å²) in [5, 5.41) is 0. The minimum atomic E-state index is 0.342. The normalized spacial score (nSPS) is 19.1. The van der Waals surface area contributed by atoms with Gasteiger partial charge in [0, 0.05) is 51.3 Å². The highest BCUT2D eigenvalue weighted by Crippen LogP contribution is 2.32. The highest BCUT2D eigenvalue weighted by atomic mass is 16.3. The lowest BCUT2D eigenvalue weighted by atomic mass is 9.91. The molecule has 0 radical (unpaired) electrons. The van der Waals surface area contributed by atoms with Crippen LogP contribution in [-0.4, -0.2) is 62.4 Å². The Bertz CT molecular complexity index is 1240. The fraction of sp³-hybridized carbons (Fsp3) is 0.423. The van der Waals surface area contributed by atoms with Crippen molar-refractivity contribution in [2.75, 3.05) is 38.1 Å². The molecule has 1 aliphatic carbocycles. The van der Waals surface area contributed by atoms with Crippen molar-refractivity contribution in [3.8, 4) is 0 Å². The molecule has 0 N–H and O–H groups in total. The Balaban J connectivity index is 1.16. The van der Waals surface area contributed by atoms with Crippen LogP contribution in [0.2, 0.25) is 0 Å². The summed E-state index contributed by atoms with van der Waals surface area (Å²) in [6.45, 7) is 5.49. The number of aromatic nitrogens is 4. The van der Waals surface area contributed by atoms with Gasteiger partial charge in [-0.2, -0.15) is 0 Å². The monoisotopic (exact) mass is 457 g/mol. The summed E-state index contributed by atoms with van der Waals surface area (Å²) in [5.74, 6) is 1.99. The highest BCUT2D eigenvalue weighted by molar-refractivity contribution is 5.48. The number of imidazole rings is 1. The molecule has 0 saturated carbocycles. The molecule has 0 spiro atoms. The van der Waals surface area contributed by atoms with E-state index in [1.54, 1.807) is 6.26 Å². The molecule has 1 atom stereocenters. The minimum Gasteiger partial charge on any atom is -0.468 e. The van der Waals surface area contributed by atoms with E-state index in [0.717, 1.165) is 75.2 Å². The van der Waals surface area contributed by atoms with Gasteiger partial charge in [-0.1, -0.05) is 6.07 Å². The van der Waals surface area contributed by atoms with Crippen molar-refractivity contribution in [2.45, 2.75) is 38.4 Å². The third-order valence-electron chi connectivity index (χ3n) is 7.14. The van der Waals surface area contributed by atoms with Crippen molar-refractivity contribution in [1.29, 1.82) is 0 Å². The number of pyridine rings is 1. The molecule has 4 aromatic heterocycles. The van der Waals surface area contributed by atoms with Crippen LogP contribution in [0.1, 0.15) is 41.6 Å². The maximum atomic E-state index is 5.52. The van der Waals surface area contributed by atoms with Crippen LogP contribution < -0.4 is 4.90 Å². The second-order valence-electron chi connectivity index (χ2n) is 9.42. The van der Waals surface area contributed by atoms with Gasteiger partial charge in [-0.05, 0) is 56.1 Å². The quantitative estimate of drug-likeness (QED) is 0.439. The first-order valence-corrected chi connectivity index (χ1v) is 12.2. The first kappa shape index (κ1) is 21.3. The molecule has 5 heterocycles. The molecule has 1 unspecified atom stereocenters. The molecule has 1 aliphatic heterocycles. The molecule has 1 saturated heterocycles. The fourth-order valence-corrected chi connectivity index (χ4v) is 5.37. The van der Waals surface area contributed by atoms with E-state index < -0.39 is 0 Å². The Morgan fingerprint density at radius 3 is 2.82 bits per heavy atom. The van der Waals surface area contributed by atoms with Gasteiger partial charge < -0.3 is 9.32 Å². The molecule has 6 rings (SSSR count). The topological polar surface area (TPSA) is 65.9 Å². The second-order valence-corrected chi connectivity index (χ2v) is 9.42. The van der Waals surface area contributed by atoms with Crippen molar-refractivity contribution >= 4 is 11.6 Å². The summed E-state index contributed by atoms with van der Waals surface area (Å²) >= 11 is 0. The molecular weight excluding hydrogens is 426 g/mol. The molecule has 0 bridgehead atoms. The zero-order chi connectivity index (χ0) is 22.9. The zero-order valence-corrected chi connectivity index (χ0v) is 19.7. The van der Waals surface area contributed by atoms with E-state index >= 15 is 0 Å². The van der Waals surface area contributed by atoms with E-state index in [0.29, 0.717) is 6.04 Å². The number of fused-ring (bicyclic) bond motifs is 2. The van der Waals surface area contributed by atoms with E-state index in [2.05, 4.69) is 44.5 Å². The molecule has 1 fully saturated rings. The Morgan fingerprint density at radius 2 is 1.97 bits per heavy atom. The van der Waals surface area contributed by atoms with Crippen LogP contribution in [0.4, 0.5) is 5.95 Å². The molecule has 8 nitrogen and oxygen atoms in total. The number of aryl methyl sites for hydroxylation is 1. The van der Waals surface area contributed by atoms with Crippen LogP contribution in [0, 0.1) is 0 Å². The van der Waals surface area contributed by atoms with Gasteiger partial charge in [0.25, 0.3) is 0 Å². The van der Waals surface area contributed by atoms with E-state index in [4.69, 9.17) is 19.4 Å². The Morgan fingerprint density at radius 1 is 1.06 bits per heavy atom. The summed E-state index contributed by atoms with van der Waals surface area (Å²) in [4.78, 5) is 21.6. The van der Waals surface area contributed by atoms with E-state index in [1.807, 2.05) is 30.6 Å². The van der Waals surface area contributed by atoms with Gasteiger partial charge in [0.05, 0.1) is 30.2 Å². The van der Waals surface area contributed by atoms with Crippen LogP contribution in [0.5, 0.6) is 0 Å². The Labute approximate surface area is 199 Å². The molecule has 0 aromatic carbocycles. The van der Waals surface area contributed by atoms with Gasteiger partial charge in [0.2, 0.25) is 5.95 Å². The molecule has 0 amide bonds. The number of furan rings is 1. The molecule has 34 heavy (non-hydrogen) atoms. The summed E-state index contributed by atoms with van der Waals surface area (Å²) in [6.07, 6.45) is 11.2. The third kappa shape index (κ3) is 4.19. The SMILES string of the molecule is CN(Cc1cn2c(N3CCN(Cc4ccco4)CC3)nccc2n1)C1CCCc2cccnc21. The van der Waals surface area contributed by atoms with Crippen LogP contribution in [0.3, 0.4) is 0 Å². The standard InChI is InChI=1S/C26H31N7O/c1-30(23-8-2-5-20-6-3-10-27-25(20)23)17-21-18-33-24(29-21)9-11-28-26(33)32-14-12-31(13-15-32)19-22-7-4-16-34-22/h3-4,6-7,9-11,16,18,23H,2,5,8,12-15,17,19H2,1H3. The van der Waals surface area contributed by atoms with Crippen molar-refractivity contribution in [2.24, 2.45) is 0 Å². The van der Waals surface area contributed by atoms with Crippen molar-refractivity contribution < 1.29 is 4.42 Å². The number of anilines is 1. The first-order chi connectivity index (χ1) is 16.7. The van der Waals surface area contributed by atoms with Gasteiger partial charge in [-0.3, -0.25) is 19.2 Å². The number of hydrogen-bond acceptors (Lipinski definition) is 7. The van der Waals surface area contributed by atoms with Gasteiger partial charge in [-0.15, -0.1) is 0 Å². The summed E-state index contributed by atoms with van der Waals surface area (Å²) in [7, 11) is 2.19. The maximum Gasteiger partial charge on any atom is 0.211 e. The number of hydrogen-bond donors (Lipinski definition) is 0. The molecule has 8 heteroatoms. The van der Waals surface area contributed by atoms with Gasteiger partial charge in [0.15, 0.2) is 0 Å². The molecule has 176 valence electrons. The molecule has 4 aromatic rings. The predicted octanol–water partition coefficient (Wildman–Crippen LogP) is 3.55. The highest BCUT2D eigenvalue weighted by Gasteiger charge is 2.26. The smallest absolute Gasteiger partial charge is 0.211 e. The zero-order valence-electron chi connectivity index (χ0n) is 19.7. The lowest BCUT2D eigenvalue weighted by molar-refractivity contribution is 0.206. The third-order valence-corrected chi connectivity index (χ3v) is 7.14. The number of piperazine rings is 1. The van der Waals surface area contributed by atoms with Crippen LogP contribution in [0.15, 0.2) is 59.6 Å². The van der Waals surface area contributed by atoms with Crippen molar-refractivity contribution in [3.63, 3.8) is 0 Å². The Kier molecular flexibility index (Phi) is 5.76. The number of nitrogens with zero attached hydrogens (tertiary/aromatic N) is 7. The van der Waals surface area contributed by atoms with Crippen molar-refractivity contribution in [1.82, 2.24) is 29.2 Å². The maximum absolute atomic E-state index is 5.52. The van der Waals surface area contributed by atoms with E-state index in [9.17, 15) is 0 Å². The van der Waals surface area contributed by atoms with Crippen LogP contribution >= 0.6 is 0 Å². The molecular formula is C26H31N7O. The largest absolute Gasteiger partial charge is 0.468 e. The lowest BCUT2D eigenvalue weighted by Gasteiger charge is -2.34. The summed E-state index contributed by atoms with van der Waals surface area (Å²) in [5.41, 5.74) is 4.64. The summed E-state index contributed by atoms with van der Waals surface area (Å²) in [6, 6.07) is 10.6. The minimum absolute atomic E-state index is 0.342. The van der Waals surface area contributed by atoms with E-state index in [1.165, 1.54) is 17.7 Å². The Hall–Kier alpha value is -3.23. The van der Waals surface area contributed by atoms with E-state index in [-0.39, 0.29) is 0 Å². The number of rotatable bonds is 6. The van der Waals surface area contributed by atoms with Crippen molar-refractivity contribution in [3.05, 3.63) is 77.9 Å². The van der Waals surface area contributed by atoms with Gasteiger partial charge >= 0.3 is 0 Å². The average Bonchev–Trinajstić information content (AvgIpc) is 3.53. The van der Waals surface area contributed by atoms with Crippen LogP contribution in [0.25, 0.3) is 5.65 Å². The fourth-order valence-electron chi connectivity index (χ4n) is 5.37.